The van der Waals surface area contributed by atoms with Crippen LogP contribution in [0.25, 0.3) is 0 Å². The molecule has 1 N–H and O–H groups in total. The van der Waals surface area contributed by atoms with Crippen molar-refractivity contribution in [2.75, 3.05) is 0 Å². The van der Waals surface area contributed by atoms with Crippen LogP contribution in [0.4, 0.5) is 8.78 Å². The molecule has 1 saturated carbocycles. The molecule has 1 unspecified atom stereocenters. The van der Waals surface area contributed by atoms with Crippen molar-refractivity contribution < 1.29 is 28.3 Å². The molecule has 0 heterocycles. The molecule has 2 aliphatic carbocycles. The van der Waals surface area contributed by atoms with Gasteiger partial charge in [0.05, 0.1) is 0 Å². The van der Waals surface area contributed by atoms with Crippen LogP contribution in [-0.2, 0) is 4.79 Å². The van der Waals surface area contributed by atoms with Crippen molar-refractivity contribution in [1.82, 2.24) is 0 Å². The number of Topliss-reactive ketones (excluding diaryl/α,β-unsaturated/α-hetero) is 1. The van der Waals surface area contributed by atoms with Crippen molar-refractivity contribution in [2.24, 2.45) is 5.92 Å². The van der Waals surface area contributed by atoms with E-state index in [4.69, 9.17) is 0 Å². The van der Waals surface area contributed by atoms with E-state index in [1.807, 2.05) is 0 Å². The highest BCUT2D eigenvalue weighted by molar-refractivity contribution is 6.24. The Labute approximate surface area is 137 Å². The van der Waals surface area contributed by atoms with E-state index < -0.39 is 35.2 Å². The standard InChI is InChI=1S/C18H16F2O4/c1-8-13(7-21)16-9(11-5-15(11)20)3-2-4-10(18(23)24)17(22)12(16)6-14(8)19/h4,6-7,9,11,15H,2-3,5H2,1H3,(H,23,24)/b10-4+/t9-,11?,15+/m1/s1. The Morgan fingerprint density at radius 1 is 1.42 bits per heavy atom. The number of carboxylic acids is 1. The Hall–Kier alpha value is -2.37. The van der Waals surface area contributed by atoms with E-state index in [1.165, 1.54) is 13.0 Å². The summed E-state index contributed by atoms with van der Waals surface area (Å²) in [5.74, 6) is -3.70. The Morgan fingerprint density at radius 2 is 2.08 bits per heavy atom. The first-order chi connectivity index (χ1) is 11.4. The number of ketones is 1. The highest BCUT2D eigenvalue weighted by Gasteiger charge is 2.46. The van der Waals surface area contributed by atoms with Gasteiger partial charge in [-0.05, 0) is 55.2 Å². The molecule has 1 aromatic carbocycles. The lowest BCUT2D eigenvalue weighted by Gasteiger charge is -2.24. The van der Waals surface area contributed by atoms with Crippen molar-refractivity contribution in [3.63, 3.8) is 0 Å². The second kappa shape index (κ2) is 5.92. The lowest BCUT2D eigenvalue weighted by Crippen LogP contribution is -2.21. The number of benzene rings is 1. The molecule has 126 valence electrons. The number of halogens is 2. The normalized spacial score (nSPS) is 28.2. The average Bonchev–Trinajstić information content (AvgIpc) is 3.24. The highest BCUT2D eigenvalue weighted by atomic mass is 19.1. The summed E-state index contributed by atoms with van der Waals surface area (Å²) in [7, 11) is 0. The van der Waals surface area contributed by atoms with E-state index in [9.17, 15) is 28.3 Å². The SMILES string of the molecule is Cc1c(F)cc2c(c1C=O)[C@@H](C1C[C@@H]1F)CC/C=C(/C(=O)O)C2=O. The Morgan fingerprint density at radius 3 is 2.62 bits per heavy atom. The van der Waals surface area contributed by atoms with Gasteiger partial charge >= 0.3 is 5.97 Å². The third kappa shape index (κ3) is 2.56. The van der Waals surface area contributed by atoms with Crippen LogP contribution >= 0.6 is 0 Å². The number of aldehydes is 1. The van der Waals surface area contributed by atoms with Gasteiger partial charge in [-0.2, -0.15) is 0 Å². The van der Waals surface area contributed by atoms with E-state index in [1.54, 1.807) is 0 Å². The minimum absolute atomic E-state index is 0.0362. The molecule has 0 spiro atoms. The third-order valence-corrected chi connectivity index (χ3v) is 4.92. The quantitative estimate of drug-likeness (QED) is 0.679. The van der Waals surface area contributed by atoms with Gasteiger partial charge in [0.25, 0.3) is 0 Å². The zero-order valence-corrected chi connectivity index (χ0v) is 13.0. The van der Waals surface area contributed by atoms with Gasteiger partial charge in [-0.25, -0.2) is 13.6 Å². The first kappa shape index (κ1) is 16.5. The van der Waals surface area contributed by atoms with Crippen LogP contribution in [0, 0.1) is 18.7 Å². The molecular formula is C18H16F2O4. The largest absolute Gasteiger partial charge is 0.478 e. The molecule has 0 radical (unpaired) electrons. The van der Waals surface area contributed by atoms with Crippen molar-refractivity contribution in [3.05, 3.63) is 45.8 Å². The number of rotatable bonds is 3. The van der Waals surface area contributed by atoms with Crippen molar-refractivity contribution in [1.29, 1.82) is 0 Å². The summed E-state index contributed by atoms with van der Waals surface area (Å²) in [4.78, 5) is 35.5. The van der Waals surface area contributed by atoms with Crippen LogP contribution < -0.4 is 0 Å². The summed E-state index contributed by atoms with van der Waals surface area (Å²) in [5.41, 5.74) is -0.154. The second-order valence-corrected chi connectivity index (χ2v) is 6.33. The number of fused-ring (bicyclic) bond motifs is 1. The zero-order valence-electron chi connectivity index (χ0n) is 13.0. The van der Waals surface area contributed by atoms with E-state index in [-0.39, 0.29) is 29.0 Å². The fourth-order valence-corrected chi connectivity index (χ4v) is 3.53. The molecule has 3 rings (SSSR count). The van der Waals surface area contributed by atoms with Crippen LogP contribution in [0.1, 0.15) is 57.0 Å². The van der Waals surface area contributed by atoms with Gasteiger partial charge in [-0.3, -0.25) is 9.59 Å². The maximum absolute atomic E-state index is 14.2. The number of carbonyl (C=O) groups excluding carboxylic acids is 2. The number of carboxylic acid groups (broad SMARTS) is 1. The van der Waals surface area contributed by atoms with Crippen LogP contribution in [0.3, 0.4) is 0 Å². The smallest absolute Gasteiger partial charge is 0.339 e. The molecule has 4 nitrogen and oxygen atoms in total. The number of hydrogen-bond donors (Lipinski definition) is 1. The number of allylic oxidation sites excluding steroid dienone is 1. The first-order valence-electron chi connectivity index (χ1n) is 7.77. The first-order valence-corrected chi connectivity index (χ1v) is 7.77. The average molecular weight is 334 g/mol. The fourth-order valence-electron chi connectivity index (χ4n) is 3.53. The lowest BCUT2D eigenvalue weighted by molar-refractivity contribution is -0.132. The highest BCUT2D eigenvalue weighted by Crippen LogP contribution is 2.50. The molecule has 0 aromatic heterocycles. The summed E-state index contributed by atoms with van der Waals surface area (Å²) < 4.78 is 27.8. The third-order valence-electron chi connectivity index (χ3n) is 4.92. The van der Waals surface area contributed by atoms with Gasteiger partial charge in [0.1, 0.15) is 17.6 Å². The molecule has 3 atom stereocenters. The van der Waals surface area contributed by atoms with Crippen LogP contribution in [-0.4, -0.2) is 29.3 Å². The predicted molar refractivity (Wildman–Crippen MR) is 81.6 cm³/mol. The van der Waals surface area contributed by atoms with E-state index >= 15 is 0 Å². The summed E-state index contributed by atoms with van der Waals surface area (Å²) in [6, 6.07) is 0.977. The molecule has 0 saturated heterocycles. The fraction of sp³-hybridized carbons (Fsp3) is 0.389. The monoisotopic (exact) mass is 334 g/mol. The number of carbonyl (C=O) groups is 3. The summed E-state index contributed by atoms with van der Waals surface area (Å²) in [6.45, 7) is 1.42. The van der Waals surface area contributed by atoms with E-state index in [0.29, 0.717) is 24.7 Å². The number of hydrogen-bond acceptors (Lipinski definition) is 3. The minimum Gasteiger partial charge on any atom is -0.478 e. The maximum Gasteiger partial charge on any atom is 0.339 e. The lowest BCUT2D eigenvalue weighted by atomic mass is 9.78. The summed E-state index contributed by atoms with van der Waals surface area (Å²) in [6.07, 6.45) is 1.80. The van der Waals surface area contributed by atoms with E-state index in [2.05, 4.69) is 0 Å². The molecule has 0 amide bonds. The van der Waals surface area contributed by atoms with Gasteiger partial charge in [0.15, 0.2) is 12.1 Å². The number of alkyl halides is 1. The van der Waals surface area contributed by atoms with Crippen LogP contribution in [0.5, 0.6) is 0 Å². The molecule has 1 fully saturated rings. The molecule has 0 aliphatic heterocycles. The molecular weight excluding hydrogens is 318 g/mol. The molecule has 1 aromatic rings. The maximum atomic E-state index is 14.2. The zero-order chi connectivity index (χ0) is 17.6. The van der Waals surface area contributed by atoms with Crippen molar-refractivity contribution in [2.45, 2.75) is 38.3 Å². The topological polar surface area (TPSA) is 71.4 Å². The Balaban J connectivity index is 2.27. The van der Waals surface area contributed by atoms with Crippen LogP contribution in [0.2, 0.25) is 0 Å². The summed E-state index contributed by atoms with van der Waals surface area (Å²) in [5, 5.41) is 9.22. The van der Waals surface area contributed by atoms with Crippen LogP contribution in [0.15, 0.2) is 17.7 Å². The molecule has 2 aliphatic rings. The second-order valence-electron chi connectivity index (χ2n) is 6.33. The van der Waals surface area contributed by atoms with Gasteiger partial charge in [-0.15, -0.1) is 0 Å². The number of aliphatic carboxylic acids is 1. The van der Waals surface area contributed by atoms with Gasteiger partial charge < -0.3 is 5.11 Å². The predicted octanol–water partition coefficient (Wildman–Crippen LogP) is 3.38. The van der Waals surface area contributed by atoms with Crippen molar-refractivity contribution in [3.8, 4) is 0 Å². The van der Waals surface area contributed by atoms with Gasteiger partial charge in [0, 0.05) is 11.1 Å². The Bertz CT molecular complexity index is 782. The molecule has 6 heteroatoms. The molecule has 0 bridgehead atoms. The van der Waals surface area contributed by atoms with Gasteiger partial charge in [0.2, 0.25) is 0 Å². The van der Waals surface area contributed by atoms with Gasteiger partial charge in [-0.1, -0.05) is 6.08 Å². The minimum atomic E-state index is -1.40. The Kier molecular flexibility index (Phi) is 4.07. The van der Waals surface area contributed by atoms with E-state index in [0.717, 1.165) is 6.07 Å². The van der Waals surface area contributed by atoms with Crippen molar-refractivity contribution >= 4 is 18.0 Å². The summed E-state index contributed by atoms with van der Waals surface area (Å²) >= 11 is 0. The molecule has 24 heavy (non-hydrogen) atoms.